The number of hydrogen-bond acceptors (Lipinski definition) is 3. The molecule has 0 fully saturated rings. The van der Waals surface area contributed by atoms with Gasteiger partial charge in [-0.1, -0.05) is 0 Å². The Labute approximate surface area is 120 Å². The number of halogens is 1. The lowest BCUT2D eigenvalue weighted by Crippen LogP contribution is -2.10. The number of aromatic nitrogens is 1. The van der Waals surface area contributed by atoms with Crippen LogP contribution in [0.5, 0.6) is 0 Å². The van der Waals surface area contributed by atoms with Crippen LogP contribution in [-0.4, -0.2) is 31.7 Å². The highest BCUT2D eigenvalue weighted by Gasteiger charge is 2.15. The zero-order chi connectivity index (χ0) is 14.0. The predicted octanol–water partition coefficient (Wildman–Crippen LogP) is 3.09. The van der Waals surface area contributed by atoms with E-state index in [1.165, 1.54) is 7.11 Å². The highest BCUT2D eigenvalue weighted by atomic mass is 79.9. The van der Waals surface area contributed by atoms with Gasteiger partial charge in [-0.2, -0.15) is 0 Å². The van der Waals surface area contributed by atoms with Gasteiger partial charge in [0.15, 0.2) is 0 Å². The zero-order valence-electron chi connectivity index (χ0n) is 11.1. The van der Waals surface area contributed by atoms with E-state index in [9.17, 15) is 4.79 Å². The minimum atomic E-state index is -0.359. The van der Waals surface area contributed by atoms with Crippen LogP contribution in [0.1, 0.15) is 10.5 Å². The Morgan fingerprint density at radius 3 is 2.32 bits per heavy atom. The fourth-order valence-corrected chi connectivity index (χ4v) is 2.37. The number of hydrogen-bond donors (Lipinski definition) is 0. The monoisotopic (exact) mass is 322 g/mol. The molecule has 0 atom stereocenters. The van der Waals surface area contributed by atoms with Crippen LogP contribution in [0.25, 0.3) is 5.69 Å². The molecule has 19 heavy (non-hydrogen) atoms. The number of carbonyl (C=O) groups is 1. The quantitative estimate of drug-likeness (QED) is 0.814. The summed E-state index contributed by atoms with van der Waals surface area (Å²) in [7, 11) is 5.35. The second-order valence-corrected chi connectivity index (χ2v) is 5.09. The number of anilines is 1. The largest absolute Gasteiger partial charge is 0.464 e. The van der Waals surface area contributed by atoms with Gasteiger partial charge in [0, 0.05) is 25.5 Å². The van der Waals surface area contributed by atoms with E-state index in [1.807, 2.05) is 53.9 Å². The van der Waals surface area contributed by atoms with Crippen molar-refractivity contribution in [2.75, 3.05) is 26.1 Å². The molecule has 0 unspecified atom stereocenters. The molecule has 0 amide bonds. The van der Waals surface area contributed by atoms with Gasteiger partial charge in [-0.25, -0.2) is 4.79 Å². The normalized spacial score (nSPS) is 10.3. The zero-order valence-corrected chi connectivity index (χ0v) is 12.6. The summed E-state index contributed by atoms with van der Waals surface area (Å²) in [6.07, 6.45) is 0. The molecule has 2 rings (SSSR count). The van der Waals surface area contributed by atoms with Gasteiger partial charge in [-0.3, -0.25) is 4.57 Å². The number of nitrogens with zero attached hydrogens (tertiary/aromatic N) is 2. The van der Waals surface area contributed by atoms with Crippen molar-refractivity contribution in [1.82, 2.24) is 4.57 Å². The number of methoxy groups -OCH3 is 1. The third-order valence-electron chi connectivity index (χ3n) is 2.85. The molecule has 1 aromatic heterocycles. The Morgan fingerprint density at radius 1 is 1.16 bits per heavy atom. The van der Waals surface area contributed by atoms with Crippen molar-refractivity contribution in [3.05, 3.63) is 46.7 Å². The van der Waals surface area contributed by atoms with Crippen LogP contribution < -0.4 is 4.90 Å². The van der Waals surface area contributed by atoms with E-state index in [0.717, 1.165) is 16.0 Å². The molecule has 4 nitrogen and oxygen atoms in total. The van der Waals surface area contributed by atoms with Crippen molar-refractivity contribution in [3.8, 4) is 5.69 Å². The lowest BCUT2D eigenvalue weighted by molar-refractivity contribution is 0.0591. The van der Waals surface area contributed by atoms with Gasteiger partial charge in [0.05, 0.1) is 11.7 Å². The van der Waals surface area contributed by atoms with Crippen molar-refractivity contribution < 1.29 is 9.53 Å². The van der Waals surface area contributed by atoms with Crippen LogP contribution in [0.3, 0.4) is 0 Å². The second-order valence-electron chi connectivity index (χ2n) is 4.28. The summed E-state index contributed by atoms with van der Waals surface area (Å²) in [6.45, 7) is 0. The maximum absolute atomic E-state index is 11.7. The molecule has 1 heterocycles. The number of carbonyl (C=O) groups excluding carboxylic acids is 1. The van der Waals surface area contributed by atoms with Gasteiger partial charge in [-0.15, -0.1) is 0 Å². The minimum absolute atomic E-state index is 0.359. The van der Waals surface area contributed by atoms with Crippen LogP contribution >= 0.6 is 15.9 Å². The number of benzene rings is 1. The third kappa shape index (κ3) is 2.66. The topological polar surface area (TPSA) is 34.5 Å². The highest BCUT2D eigenvalue weighted by Crippen LogP contribution is 2.24. The maximum Gasteiger partial charge on any atom is 0.355 e. The molecular weight excluding hydrogens is 308 g/mol. The number of esters is 1. The first-order chi connectivity index (χ1) is 9.04. The van der Waals surface area contributed by atoms with E-state index in [0.29, 0.717) is 5.69 Å². The van der Waals surface area contributed by atoms with Crippen LogP contribution in [0.15, 0.2) is 41.0 Å². The summed E-state index contributed by atoms with van der Waals surface area (Å²) in [6, 6.07) is 11.5. The number of rotatable bonds is 3. The second kappa shape index (κ2) is 5.48. The summed E-state index contributed by atoms with van der Waals surface area (Å²) in [5.74, 6) is -0.359. The fourth-order valence-electron chi connectivity index (χ4n) is 1.84. The fraction of sp³-hybridized carbons (Fsp3) is 0.214. The molecule has 0 spiro atoms. The number of ether oxygens (including phenoxy) is 1. The predicted molar refractivity (Wildman–Crippen MR) is 79.1 cm³/mol. The molecule has 100 valence electrons. The van der Waals surface area contributed by atoms with Crippen molar-refractivity contribution in [2.45, 2.75) is 0 Å². The van der Waals surface area contributed by atoms with Gasteiger partial charge >= 0.3 is 5.97 Å². The van der Waals surface area contributed by atoms with Crippen LogP contribution in [-0.2, 0) is 4.74 Å². The first-order valence-corrected chi connectivity index (χ1v) is 6.57. The first kappa shape index (κ1) is 13.7. The third-order valence-corrected chi connectivity index (χ3v) is 3.47. The van der Waals surface area contributed by atoms with Crippen LogP contribution in [0.4, 0.5) is 5.69 Å². The molecule has 0 aliphatic heterocycles. The molecule has 0 saturated carbocycles. The Morgan fingerprint density at radius 2 is 1.79 bits per heavy atom. The molecular formula is C14H15BrN2O2. The lowest BCUT2D eigenvalue weighted by Gasteiger charge is -2.14. The maximum atomic E-state index is 11.7. The lowest BCUT2D eigenvalue weighted by atomic mass is 10.2. The molecule has 0 saturated heterocycles. The minimum Gasteiger partial charge on any atom is -0.464 e. The van der Waals surface area contributed by atoms with E-state index in [1.54, 1.807) is 6.07 Å². The van der Waals surface area contributed by atoms with Crippen molar-refractivity contribution >= 4 is 27.6 Å². The SMILES string of the molecule is COC(=O)c1ccc(Br)n1-c1ccc(N(C)C)cc1. The first-order valence-electron chi connectivity index (χ1n) is 5.78. The summed E-state index contributed by atoms with van der Waals surface area (Å²) in [5.41, 5.74) is 2.50. The molecule has 0 radical (unpaired) electrons. The summed E-state index contributed by atoms with van der Waals surface area (Å²) >= 11 is 3.44. The van der Waals surface area contributed by atoms with Crippen molar-refractivity contribution in [2.24, 2.45) is 0 Å². The van der Waals surface area contributed by atoms with Crippen molar-refractivity contribution in [1.29, 1.82) is 0 Å². The van der Waals surface area contributed by atoms with E-state index in [4.69, 9.17) is 4.74 Å². The van der Waals surface area contributed by atoms with E-state index in [2.05, 4.69) is 15.9 Å². The summed E-state index contributed by atoms with van der Waals surface area (Å²) in [4.78, 5) is 13.7. The Bertz CT molecular complexity index is 588. The average molecular weight is 323 g/mol. The van der Waals surface area contributed by atoms with Gasteiger partial charge < -0.3 is 9.64 Å². The highest BCUT2D eigenvalue weighted by molar-refractivity contribution is 9.10. The van der Waals surface area contributed by atoms with E-state index < -0.39 is 0 Å². The van der Waals surface area contributed by atoms with Gasteiger partial charge in [-0.05, 0) is 52.3 Å². The standard InChI is InChI=1S/C14H15BrN2O2/c1-16(2)10-4-6-11(7-5-10)17-12(14(18)19-3)8-9-13(17)15/h4-9H,1-3H3. The molecule has 0 aliphatic carbocycles. The molecule has 5 heteroatoms. The van der Waals surface area contributed by atoms with Gasteiger partial charge in [0.2, 0.25) is 0 Å². The summed E-state index contributed by atoms with van der Waals surface area (Å²) in [5, 5.41) is 0. The molecule has 2 aromatic rings. The Hall–Kier alpha value is -1.75. The molecule has 1 aromatic carbocycles. The Balaban J connectivity index is 2.46. The van der Waals surface area contributed by atoms with E-state index in [-0.39, 0.29) is 5.97 Å². The molecule has 0 aliphatic rings. The van der Waals surface area contributed by atoms with Gasteiger partial charge in [0.1, 0.15) is 5.69 Å². The molecule has 0 N–H and O–H groups in total. The van der Waals surface area contributed by atoms with Crippen LogP contribution in [0, 0.1) is 0 Å². The van der Waals surface area contributed by atoms with Crippen molar-refractivity contribution in [3.63, 3.8) is 0 Å². The van der Waals surface area contributed by atoms with Crippen LogP contribution in [0.2, 0.25) is 0 Å². The Kier molecular flexibility index (Phi) is 3.95. The smallest absolute Gasteiger partial charge is 0.355 e. The summed E-state index contributed by atoms with van der Waals surface area (Å²) < 4.78 is 7.41. The van der Waals surface area contributed by atoms with Gasteiger partial charge in [0.25, 0.3) is 0 Å². The molecule has 0 bridgehead atoms. The average Bonchev–Trinajstić information content (AvgIpc) is 2.80. The van der Waals surface area contributed by atoms with E-state index >= 15 is 0 Å².